The maximum Gasteiger partial charge on any atom is 0.00796 e. The highest BCUT2D eigenvalue weighted by molar-refractivity contribution is 4.76. The Morgan fingerprint density at radius 1 is 1.25 bits per heavy atom. The fourth-order valence-electron chi connectivity index (χ4n) is 2.97. The molecule has 16 heavy (non-hydrogen) atoms. The van der Waals surface area contributed by atoms with Gasteiger partial charge in [0.25, 0.3) is 0 Å². The third-order valence-electron chi connectivity index (χ3n) is 4.05. The van der Waals surface area contributed by atoms with Crippen molar-refractivity contribution in [2.24, 2.45) is 5.92 Å². The zero-order valence-electron chi connectivity index (χ0n) is 10.7. The van der Waals surface area contributed by atoms with Gasteiger partial charge in [0, 0.05) is 12.6 Å². The van der Waals surface area contributed by atoms with Crippen LogP contribution in [0.1, 0.15) is 32.1 Å². The minimum absolute atomic E-state index is 0.796. The SMILES string of the molecule is CN1CCC(CCNCCC2CCCN2)C1. The molecule has 0 amide bonds. The first-order valence-corrected chi connectivity index (χ1v) is 6.97. The van der Waals surface area contributed by atoms with E-state index in [4.69, 9.17) is 0 Å². The lowest BCUT2D eigenvalue weighted by Crippen LogP contribution is -2.28. The first-order valence-electron chi connectivity index (χ1n) is 6.97. The minimum Gasteiger partial charge on any atom is -0.317 e. The summed E-state index contributed by atoms with van der Waals surface area (Å²) in [5, 5.41) is 7.14. The van der Waals surface area contributed by atoms with E-state index in [0.29, 0.717) is 0 Å². The molecule has 94 valence electrons. The van der Waals surface area contributed by atoms with Gasteiger partial charge in [0.15, 0.2) is 0 Å². The van der Waals surface area contributed by atoms with Crippen LogP contribution in [0.3, 0.4) is 0 Å². The second kappa shape index (κ2) is 6.58. The number of hydrogen-bond acceptors (Lipinski definition) is 3. The third kappa shape index (κ3) is 4.04. The summed E-state index contributed by atoms with van der Waals surface area (Å²) in [6.45, 7) is 6.26. The molecule has 0 aromatic rings. The molecular formula is C13H27N3. The van der Waals surface area contributed by atoms with Crippen LogP contribution in [-0.4, -0.2) is 50.7 Å². The Hall–Kier alpha value is -0.120. The van der Waals surface area contributed by atoms with Crippen LogP contribution in [0.15, 0.2) is 0 Å². The number of rotatable bonds is 6. The van der Waals surface area contributed by atoms with E-state index in [2.05, 4.69) is 22.6 Å². The van der Waals surface area contributed by atoms with Gasteiger partial charge in [-0.1, -0.05) is 0 Å². The molecule has 2 fully saturated rings. The fraction of sp³-hybridized carbons (Fsp3) is 1.00. The molecule has 2 aliphatic heterocycles. The van der Waals surface area contributed by atoms with E-state index in [9.17, 15) is 0 Å². The quantitative estimate of drug-likeness (QED) is 0.662. The van der Waals surface area contributed by atoms with Gasteiger partial charge < -0.3 is 15.5 Å². The summed E-state index contributed by atoms with van der Waals surface area (Å²) >= 11 is 0. The summed E-state index contributed by atoms with van der Waals surface area (Å²) in [5.41, 5.74) is 0. The van der Waals surface area contributed by atoms with Crippen molar-refractivity contribution >= 4 is 0 Å². The zero-order valence-corrected chi connectivity index (χ0v) is 10.7. The molecular weight excluding hydrogens is 198 g/mol. The molecule has 0 radical (unpaired) electrons. The van der Waals surface area contributed by atoms with E-state index in [1.165, 1.54) is 64.8 Å². The van der Waals surface area contributed by atoms with E-state index in [-0.39, 0.29) is 0 Å². The van der Waals surface area contributed by atoms with Crippen molar-refractivity contribution in [1.82, 2.24) is 15.5 Å². The Balaban J connectivity index is 1.43. The largest absolute Gasteiger partial charge is 0.317 e. The predicted octanol–water partition coefficient (Wildman–Crippen LogP) is 1.06. The number of hydrogen-bond donors (Lipinski definition) is 2. The van der Waals surface area contributed by atoms with E-state index >= 15 is 0 Å². The Bertz CT molecular complexity index is 190. The Kier molecular flexibility index (Phi) is 5.07. The highest BCUT2D eigenvalue weighted by Crippen LogP contribution is 2.17. The Morgan fingerprint density at radius 2 is 2.12 bits per heavy atom. The Labute approximate surface area is 100.0 Å². The molecule has 3 heteroatoms. The van der Waals surface area contributed by atoms with Crippen LogP contribution in [-0.2, 0) is 0 Å². The van der Waals surface area contributed by atoms with E-state index in [1.807, 2.05) is 0 Å². The number of nitrogens with one attached hydrogen (secondary N) is 2. The van der Waals surface area contributed by atoms with Crippen LogP contribution in [0, 0.1) is 5.92 Å². The molecule has 2 unspecified atom stereocenters. The van der Waals surface area contributed by atoms with Gasteiger partial charge in [-0.15, -0.1) is 0 Å². The van der Waals surface area contributed by atoms with Crippen LogP contribution in [0.2, 0.25) is 0 Å². The van der Waals surface area contributed by atoms with Gasteiger partial charge in [-0.25, -0.2) is 0 Å². The topological polar surface area (TPSA) is 27.3 Å². The molecule has 2 rings (SSSR count). The summed E-state index contributed by atoms with van der Waals surface area (Å²) in [6, 6.07) is 0.796. The van der Waals surface area contributed by atoms with Crippen molar-refractivity contribution in [3.63, 3.8) is 0 Å². The maximum atomic E-state index is 3.60. The number of likely N-dealkylation sites (tertiary alicyclic amines) is 1. The average Bonchev–Trinajstić information content (AvgIpc) is 2.89. The second-order valence-corrected chi connectivity index (χ2v) is 5.54. The van der Waals surface area contributed by atoms with E-state index in [0.717, 1.165) is 12.0 Å². The highest BCUT2D eigenvalue weighted by atomic mass is 15.1. The van der Waals surface area contributed by atoms with Crippen LogP contribution >= 0.6 is 0 Å². The fourth-order valence-corrected chi connectivity index (χ4v) is 2.97. The zero-order chi connectivity index (χ0) is 11.2. The predicted molar refractivity (Wildman–Crippen MR) is 68.7 cm³/mol. The van der Waals surface area contributed by atoms with Crippen molar-refractivity contribution in [1.29, 1.82) is 0 Å². The molecule has 0 bridgehead atoms. The lowest BCUT2D eigenvalue weighted by Gasteiger charge is -2.13. The lowest BCUT2D eigenvalue weighted by molar-refractivity contribution is 0.384. The van der Waals surface area contributed by atoms with Crippen LogP contribution in [0.5, 0.6) is 0 Å². The molecule has 2 saturated heterocycles. The van der Waals surface area contributed by atoms with Crippen LogP contribution in [0.25, 0.3) is 0 Å². The molecule has 0 saturated carbocycles. The monoisotopic (exact) mass is 225 g/mol. The van der Waals surface area contributed by atoms with Crippen molar-refractivity contribution < 1.29 is 0 Å². The average molecular weight is 225 g/mol. The van der Waals surface area contributed by atoms with Gasteiger partial charge in [-0.05, 0) is 71.2 Å². The van der Waals surface area contributed by atoms with Crippen molar-refractivity contribution in [2.45, 2.75) is 38.1 Å². The lowest BCUT2D eigenvalue weighted by atomic mass is 10.1. The Morgan fingerprint density at radius 3 is 2.81 bits per heavy atom. The van der Waals surface area contributed by atoms with Gasteiger partial charge in [0.05, 0.1) is 0 Å². The molecule has 0 aromatic carbocycles. The minimum atomic E-state index is 0.796. The van der Waals surface area contributed by atoms with Crippen LogP contribution in [0.4, 0.5) is 0 Å². The first kappa shape index (κ1) is 12.3. The molecule has 2 atom stereocenters. The van der Waals surface area contributed by atoms with Crippen molar-refractivity contribution in [2.75, 3.05) is 39.8 Å². The third-order valence-corrected chi connectivity index (χ3v) is 4.05. The van der Waals surface area contributed by atoms with E-state index < -0.39 is 0 Å². The molecule has 3 nitrogen and oxygen atoms in total. The van der Waals surface area contributed by atoms with Crippen molar-refractivity contribution in [3.8, 4) is 0 Å². The summed E-state index contributed by atoms with van der Waals surface area (Å²) in [6.07, 6.45) is 6.84. The first-order chi connectivity index (χ1) is 7.84. The van der Waals surface area contributed by atoms with E-state index in [1.54, 1.807) is 0 Å². The maximum absolute atomic E-state index is 3.60. The summed E-state index contributed by atoms with van der Waals surface area (Å²) in [4.78, 5) is 2.45. The molecule has 2 aliphatic rings. The van der Waals surface area contributed by atoms with Crippen molar-refractivity contribution in [3.05, 3.63) is 0 Å². The van der Waals surface area contributed by atoms with Gasteiger partial charge in [0.2, 0.25) is 0 Å². The smallest absolute Gasteiger partial charge is 0.00796 e. The number of nitrogens with zero attached hydrogens (tertiary/aromatic N) is 1. The van der Waals surface area contributed by atoms with Crippen LogP contribution < -0.4 is 10.6 Å². The molecule has 0 spiro atoms. The molecule has 0 aliphatic carbocycles. The molecule has 2 heterocycles. The van der Waals surface area contributed by atoms with Gasteiger partial charge >= 0.3 is 0 Å². The van der Waals surface area contributed by atoms with Gasteiger partial charge in [-0.3, -0.25) is 0 Å². The molecule has 2 N–H and O–H groups in total. The second-order valence-electron chi connectivity index (χ2n) is 5.54. The summed E-state index contributed by atoms with van der Waals surface area (Å²) < 4.78 is 0. The summed E-state index contributed by atoms with van der Waals surface area (Å²) in [5.74, 6) is 0.946. The summed E-state index contributed by atoms with van der Waals surface area (Å²) in [7, 11) is 2.24. The van der Waals surface area contributed by atoms with Gasteiger partial charge in [-0.2, -0.15) is 0 Å². The molecule has 0 aromatic heterocycles. The van der Waals surface area contributed by atoms with Gasteiger partial charge in [0.1, 0.15) is 0 Å². The highest BCUT2D eigenvalue weighted by Gasteiger charge is 2.18. The standard InChI is InChI=1S/C13H27N3/c1-16-10-6-12(11-16)4-8-14-9-5-13-3-2-7-15-13/h12-15H,2-11H2,1H3. The normalized spacial score (nSPS) is 31.3.